The Morgan fingerprint density at radius 2 is 1.95 bits per heavy atom. The highest BCUT2D eigenvalue weighted by molar-refractivity contribution is 7.21. The first-order valence-electron chi connectivity index (χ1n) is 6.87. The third kappa shape index (κ3) is 2.54. The summed E-state index contributed by atoms with van der Waals surface area (Å²) in [4.78, 5) is 13.1. The minimum absolute atomic E-state index is 0.832. The number of nitrogens with one attached hydrogen (secondary N) is 1. The summed E-state index contributed by atoms with van der Waals surface area (Å²) < 4.78 is 1.14. The van der Waals surface area contributed by atoms with Crippen molar-refractivity contribution >= 4 is 33.1 Å². The van der Waals surface area contributed by atoms with E-state index in [4.69, 9.17) is 0 Å². The molecular weight excluding hydrogens is 292 g/mol. The Balaban J connectivity index is 1.69. The molecule has 1 aromatic carbocycles. The van der Waals surface area contributed by atoms with Gasteiger partial charge >= 0.3 is 0 Å². The summed E-state index contributed by atoms with van der Waals surface area (Å²) >= 11 is 1.66. The van der Waals surface area contributed by atoms with Gasteiger partial charge in [-0.05, 0) is 42.5 Å². The second kappa shape index (κ2) is 5.54. The molecule has 0 aliphatic rings. The number of rotatable bonds is 3. The van der Waals surface area contributed by atoms with Gasteiger partial charge in [0.15, 0.2) is 0 Å². The molecule has 4 aromatic rings. The van der Waals surface area contributed by atoms with Crippen molar-refractivity contribution in [3.05, 3.63) is 67.1 Å². The standard InChI is InChI=1S/C17H12N4S/c1-2-9-19-16(5-1)20-13-6-7-14-15(10-13)22-17(21-14)12-4-3-8-18-11-12/h1-11H,(H,19,20). The number of anilines is 2. The molecule has 0 fully saturated rings. The lowest BCUT2D eigenvalue weighted by Gasteiger charge is -2.04. The number of pyridine rings is 2. The molecule has 0 bridgehead atoms. The van der Waals surface area contributed by atoms with Crippen LogP contribution in [0.15, 0.2) is 67.1 Å². The molecule has 4 rings (SSSR count). The molecule has 22 heavy (non-hydrogen) atoms. The van der Waals surface area contributed by atoms with E-state index in [1.54, 1.807) is 23.7 Å². The Labute approximate surface area is 131 Å². The smallest absolute Gasteiger partial charge is 0.130 e. The van der Waals surface area contributed by atoms with Crippen molar-refractivity contribution in [2.24, 2.45) is 0 Å². The first-order valence-corrected chi connectivity index (χ1v) is 7.69. The maximum Gasteiger partial charge on any atom is 0.130 e. The van der Waals surface area contributed by atoms with Crippen LogP contribution in [0, 0.1) is 0 Å². The summed E-state index contributed by atoms with van der Waals surface area (Å²) in [7, 11) is 0. The molecule has 0 spiro atoms. The zero-order chi connectivity index (χ0) is 14.8. The van der Waals surface area contributed by atoms with Gasteiger partial charge in [-0.2, -0.15) is 0 Å². The third-order valence-electron chi connectivity index (χ3n) is 3.23. The van der Waals surface area contributed by atoms with Crippen molar-refractivity contribution in [1.29, 1.82) is 0 Å². The molecule has 0 radical (unpaired) electrons. The van der Waals surface area contributed by atoms with Gasteiger partial charge in [0.2, 0.25) is 0 Å². The van der Waals surface area contributed by atoms with Crippen molar-refractivity contribution in [1.82, 2.24) is 15.0 Å². The Hall–Kier alpha value is -2.79. The van der Waals surface area contributed by atoms with Gasteiger partial charge in [-0.1, -0.05) is 6.07 Å². The Morgan fingerprint density at radius 1 is 0.955 bits per heavy atom. The minimum Gasteiger partial charge on any atom is -0.340 e. The number of hydrogen-bond acceptors (Lipinski definition) is 5. The first-order chi connectivity index (χ1) is 10.9. The maximum absolute atomic E-state index is 4.67. The van der Waals surface area contributed by atoms with Crippen LogP contribution < -0.4 is 5.32 Å². The molecule has 0 aliphatic heterocycles. The van der Waals surface area contributed by atoms with Crippen LogP contribution in [0.1, 0.15) is 0 Å². The van der Waals surface area contributed by atoms with Crippen LogP contribution in [0.2, 0.25) is 0 Å². The maximum atomic E-state index is 4.67. The molecule has 4 nitrogen and oxygen atoms in total. The normalized spacial score (nSPS) is 10.7. The molecule has 0 saturated heterocycles. The van der Waals surface area contributed by atoms with Crippen molar-refractivity contribution in [2.45, 2.75) is 0 Å². The van der Waals surface area contributed by atoms with Gasteiger partial charge in [-0.3, -0.25) is 4.98 Å². The summed E-state index contributed by atoms with van der Waals surface area (Å²) in [6.45, 7) is 0. The summed E-state index contributed by atoms with van der Waals surface area (Å²) in [5.41, 5.74) is 3.05. The fourth-order valence-corrected chi connectivity index (χ4v) is 3.19. The van der Waals surface area contributed by atoms with E-state index >= 15 is 0 Å². The molecule has 0 amide bonds. The van der Waals surface area contributed by atoms with Crippen LogP contribution >= 0.6 is 11.3 Å². The molecule has 0 aliphatic carbocycles. The molecule has 5 heteroatoms. The number of benzene rings is 1. The van der Waals surface area contributed by atoms with Gasteiger partial charge < -0.3 is 5.32 Å². The lowest BCUT2D eigenvalue weighted by Crippen LogP contribution is -1.91. The van der Waals surface area contributed by atoms with E-state index in [-0.39, 0.29) is 0 Å². The van der Waals surface area contributed by atoms with Gasteiger partial charge in [-0.15, -0.1) is 11.3 Å². The number of thiazole rings is 1. The molecular formula is C17H12N4S. The van der Waals surface area contributed by atoms with Crippen LogP contribution in [-0.4, -0.2) is 15.0 Å². The van der Waals surface area contributed by atoms with Gasteiger partial charge in [0.05, 0.1) is 10.2 Å². The third-order valence-corrected chi connectivity index (χ3v) is 4.30. The average Bonchev–Trinajstić information content (AvgIpc) is 3.00. The lowest BCUT2D eigenvalue weighted by molar-refractivity contribution is 1.31. The number of aromatic nitrogens is 3. The van der Waals surface area contributed by atoms with Gasteiger partial charge in [0, 0.05) is 29.8 Å². The number of fused-ring (bicyclic) bond motifs is 1. The van der Waals surface area contributed by atoms with E-state index in [1.165, 1.54) is 0 Å². The highest BCUT2D eigenvalue weighted by atomic mass is 32.1. The number of nitrogens with zero attached hydrogens (tertiary/aromatic N) is 3. The second-order valence-electron chi connectivity index (χ2n) is 4.78. The molecule has 0 unspecified atom stereocenters. The zero-order valence-electron chi connectivity index (χ0n) is 11.6. The van der Waals surface area contributed by atoms with Crippen molar-refractivity contribution < 1.29 is 0 Å². The molecule has 1 N–H and O–H groups in total. The second-order valence-corrected chi connectivity index (χ2v) is 5.81. The van der Waals surface area contributed by atoms with E-state index in [9.17, 15) is 0 Å². The number of hydrogen-bond donors (Lipinski definition) is 1. The molecule has 3 heterocycles. The molecule has 0 saturated carbocycles. The summed E-state index contributed by atoms with van der Waals surface area (Å²) in [5.74, 6) is 0.832. The van der Waals surface area contributed by atoms with E-state index in [0.29, 0.717) is 0 Å². The van der Waals surface area contributed by atoms with Crippen LogP contribution in [0.5, 0.6) is 0 Å². The van der Waals surface area contributed by atoms with Gasteiger partial charge in [0.25, 0.3) is 0 Å². The van der Waals surface area contributed by atoms with Crippen molar-refractivity contribution in [2.75, 3.05) is 5.32 Å². The van der Waals surface area contributed by atoms with E-state index in [1.807, 2.05) is 48.7 Å². The SMILES string of the molecule is c1ccc(Nc2ccc3nc(-c4cccnc4)sc3c2)nc1. The quantitative estimate of drug-likeness (QED) is 0.605. The average molecular weight is 304 g/mol. The van der Waals surface area contributed by atoms with Crippen molar-refractivity contribution in [3.8, 4) is 10.6 Å². The van der Waals surface area contributed by atoms with Gasteiger partial charge in [-0.25, -0.2) is 9.97 Å². The highest BCUT2D eigenvalue weighted by Crippen LogP contribution is 2.31. The predicted octanol–water partition coefficient (Wildman–Crippen LogP) is 4.50. The van der Waals surface area contributed by atoms with E-state index in [2.05, 4.69) is 26.3 Å². The largest absolute Gasteiger partial charge is 0.340 e. The summed E-state index contributed by atoms with van der Waals surface area (Å²) in [6, 6.07) is 15.9. The Kier molecular flexibility index (Phi) is 3.25. The predicted molar refractivity (Wildman–Crippen MR) is 90.4 cm³/mol. The van der Waals surface area contributed by atoms with Crippen molar-refractivity contribution in [3.63, 3.8) is 0 Å². The van der Waals surface area contributed by atoms with E-state index < -0.39 is 0 Å². The van der Waals surface area contributed by atoms with Crippen LogP contribution in [-0.2, 0) is 0 Å². The van der Waals surface area contributed by atoms with Gasteiger partial charge in [0.1, 0.15) is 10.8 Å². The molecule has 0 atom stereocenters. The minimum atomic E-state index is 0.832. The monoisotopic (exact) mass is 304 g/mol. The lowest BCUT2D eigenvalue weighted by atomic mass is 10.3. The fraction of sp³-hybridized carbons (Fsp3) is 0. The fourth-order valence-electron chi connectivity index (χ4n) is 2.20. The summed E-state index contributed by atoms with van der Waals surface area (Å²) in [6.07, 6.45) is 5.38. The van der Waals surface area contributed by atoms with Crippen LogP contribution in [0.3, 0.4) is 0 Å². The molecule has 3 aromatic heterocycles. The summed E-state index contributed by atoms with van der Waals surface area (Å²) in [5, 5.41) is 4.28. The highest BCUT2D eigenvalue weighted by Gasteiger charge is 2.07. The Bertz CT molecular complexity index is 904. The topological polar surface area (TPSA) is 50.7 Å². The Morgan fingerprint density at radius 3 is 2.77 bits per heavy atom. The van der Waals surface area contributed by atoms with Crippen LogP contribution in [0.4, 0.5) is 11.5 Å². The molecule has 106 valence electrons. The first kappa shape index (κ1) is 12.9. The van der Waals surface area contributed by atoms with E-state index in [0.717, 1.165) is 32.3 Å². The van der Waals surface area contributed by atoms with Crippen LogP contribution in [0.25, 0.3) is 20.8 Å². The zero-order valence-corrected chi connectivity index (χ0v) is 12.4.